The van der Waals surface area contributed by atoms with Crippen LogP contribution in [0.25, 0.3) is 0 Å². The Morgan fingerprint density at radius 3 is 2.60 bits per heavy atom. The third-order valence-electron chi connectivity index (χ3n) is 3.10. The van der Waals surface area contributed by atoms with Gasteiger partial charge in [0.1, 0.15) is 0 Å². The zero-order chi connectivity index (χ0) is 11.5. The second-order valence-corrected chi connectivity index (χ2v) is 5.10. The third-order valence-corrected chi connectivity index (χ3v) is 3.10. The fraction of sp³-hybridized carbons (Fsp3) is 0.917. The minimum atomic E-state index is -0.301. The van der Waals surface area contributed by atoms with Crippen LogP contribution >= 0.6 is 0 Å². The Bertz CT molecular complexity index is 220. The Balaban J connectivity index is 2.63. The van der Waals surface area contributed by atoms with E-state index in [0.717, 1.165) is 32.5 Å². The normalized spacial score (nSPS) is 25.9. The highest BCUT2D eigenvalue weighted by molar-refractivity contribution is 5.86. The van der Waals surface area contributed by atoms with Crippen LogP contribution in [0.2, 0.25) is 0 Å². The fourth-order valence-electron chi connectivity index (χ4n) is 2.22. The van der Waals surface area contributed by atoms with E-state index in [-0.39, 0.29) is 11.4 Å². The molecule has 0 radical (unpaired) electrons. The number of hydrogen-bond acceptors (Lipinski definition) is 2. The summed E-state index contributed by atoms with van der Waals surface area (Å²) in [5, 5.41) is 3.33. The van der Waals surface area contributed by atoms with Crippen LogP contribution in [-0.4, -0.2) is 36.0 Å². The molecule has 0 aromatic carbocycles. The average molecular weight is 212 g/mol. The molecule has 0 aromatic rings. The maximum atomic E-state index is 12.3. The van der Waals surface area contributed by atoms with Gasteiger partial charge in [0.05, 0.1) is 5.54 Å². The lowest BCUT2D eigenvalue weighted by atomic mass is 9.98. The van der Waals surface area contributed by atoms with E-state index in [1.165, 1.54) is 0 Å². The lowest BCUT2D eigenvalue weighted by Gasteiger charge is -2.32. The SMILES string of the molecule is CCN(CC(C)C)C(=O)C1(C)CCCN1. The van der Waals surface area contributed by atoms with Crippen LogP contribution in [-0.2, 0) is 4.79 Å². The molecule has 3 nitrogen and oxygen atoms in total. The highest BCUT2D eigenvalue weighted by Gasteiger charge is 2.38. The molecule has 1 fully saturated rings. The van der Waals surface area contributed by atoms with Crippen LogP contribution in [0.3, 0.4) is 0 Å². The zero-order valence-electron chi connectivity index (χ0n) is 10.5. The molecule has 0 saturated carbocycles. The summed E-state index contributed by atoms with van der Waals surface area (Å²) >= 11 is 0. The summed E-state index contributed by atoms with van der Waals surface area (Å²) in [7, 11) is 0. The van der Waals surface area contributed by atoms with E-state index in [4.69, 9.17) is 0 Å². The van der Waals surface area contributed by atoms with Crippen LogP contribution in [0.5, 0.6) is 0 Å². The Morgan fingerprint density at radius 1 is 1.53 bits per heavy atom. The van der Waals surface area contributed by atoms with Gasteiger partial charge in [-0.15, -0.1) is 0 Å². The molecule has 88 valence electrons. The number of carbonyl (C=O) groups excluding carboxylic acids is 1. The predicted molar refractivity (Wildman–Crippen MR) is 62.7 cm³/mol. The molecule has 1 aliphatic heterocycles. The maximum absolute atomic E-state index is 12.3. The molecule has 1 atom stereocenters. The molecular weight excluding hydrogens is 188 g/mol. The van der Waals surface area contributed by atoms with Crippen molar-refractivity contribution in [2.75, 3.05) is 19.6 Å². The van der Waals surface area contributed by atoms with Gasteiger partial charge in [0.2, 0.25) is 5.91 Å². The molecule has 0 aliphatic carbocycles. The number of hydrogen-bond donors (Lipinski definition) is 1. The van der Waals surface area contributed by atoms with Gasteiger partial charge in [0.15, 0.2) is 0 Å². The molecule has 1 unspecified atom stereocenters. The molecule has 1 amide bonds. The number of carbonyl (C=O) groups is 1. The molecule has 1 saturated heterocycles. The lowest BCUT2D eigenvalue weighted by molar-refractivity contribution is -0.137. The van der Waals surface area contributed by atoms with Crippen molar-refractivity contribution in [2.45, 2.75) is 46.1 Å². The average Bonchev–Trinajstić information content (AvgIpc) is 2.61. The molecule has 15 heavy (non-hydrogen) atoms. The zero-order valence-corrected chi connectivity index (χ0v) is 10.5. The first-order valence-corrected chi connectivity index (χ1v) is 6.04. The van der Waals surface area contributed by atoms with E-state index < -0.39 is 0 Å². The van der Waals surface area contributed by atoms with Crippen molar-refractivity contribution < 1.29 is 4.79 Å². The Labute approximate surface area is 93.2 Å². The van der Waals surface area contributed by atoms with Crippen LogP contribution < -0.4 is 5.32 Å². The molecule has 1 rings (SSSR count). The van der Waals surface area contributed by atoms with Gasteiger partial charge in [-0.2, -0.15) is 0 Å². The molecule has 3 heteroatoms. The number of nitrogens with zero attached hydrogens (tertiary/aromatic N) is 1. The van der Waals surface area contributed by atoms with Crippen molar-refractivity contribution in [3.05, 3.63) is 0 Å². The highest BCUT2D eigenvalue weighted by atomic mass is 16.2. The van der Waals surface area contributed by atoms with Crippen molar-refractivity contribution in [1.29, 1.82) is 0 Å². The molecule has 0 bridgehead atoms. The summed E-state index contributed by atoms with van der Waals surface area (Å²) in [6.45, 7) is 11.0. The van der Waals surface area contributed by atoms with Gasteiger partial charge in [-0.05, 0) is 39.2 Å². The molecule has 1 aliphatic rings. The third kappa shape index (κ3) is 2.94. The first kappa shape index (κ1) is 12.5. The van der Waals surface area contributed by atoms with Gasteiger partial charge in [-0.25, -0.2) is 0 Å². The molecule has 1 heterocycles. The topological polar surface area (TPSA) is 32.3 Å². The number of amides is 1. The summed E-state index contributed by atoms with van der Waals surface area (Å²) in [5.74, 6) is 0.815. The van der Waals surface area contributed by atoms with E-state index in [9.17, 15) is 4.79 Å². The number of likely N-dealkylation sites (N-methyl/N-ethyl adjacent to an activating group) is 1. The summed E-state index contributed by atoms with van der Waals surface area (Å²) in [4.78, 5) is 14.3. The fourth-order valence-corrected chi connectivity index (χ4v) is 2.22. The predicted octanol–water partition coefficient (Wildman–Crippen LogP) is 1.63. The molecular formula is C12H24N2O. The van der Waals surface area contributed by atoms with E-state index in [1.807, 2.05) is 11.8 Å². The smallest absolute Gasteiger partial charge is 0.242 e. The number of nitrogens with one attached hydrogen (secondary N) is 1. The molecule has 0 aromatic heterocycles. The van der Waals surface area contributed by atoms with Crippen LogP contribution in [0.15, 0.2) is 0 Å². The van der Waals surface area contributed by atoms with Crippen LogP contribution in [0, 0.1) is 5.92 Å². The molecule has 0 spiro atoms. The van der Waals surface area contributed by atoms with Crippen LogP contribution in [0.1, 0.15) is 40.5 Å². The second-order valence-electron chi connectivity index (χ2n) is 5.10. The van der Waals surface area contributed by atoms with Gasteiger partial charge in [0.25, 0.3) is 0 Å². The summed E-state index contributed by atoms with van der Waals surface area (Å²) in [6.07, 6.45) is 2.09. The van der Waals surface area contributed by atoms with Crippen molar-refractivity contribution in [2.24, 2.45) is 5.92 Å². The number of rotatable bonds is 4. The molecule has 1 N–H and O–H groups in total. The van der Waals surface area contributed by atoms with Gasteiger partial charge in [0, 0.05) is 13.1 Å². The van der Waals surface area contributed by atoms with Gasteiger partial charge >= 0.3 is 0 Å². The first-order valence-electron chi connectivity index (χ1n) is 6.04. The first-order chi connectivity index (χ1) is 6.99. The minimum Gasteiger partial charge on any atom is -0.341 e. The summed E-state index contributed by atoms with van der Waals surface area (Å²) in [5.41, 5.74) is -0.301. The van der Waals surface area contributed by atoms with Gasteiger partial charge in [-0.3, -0.25) is 4.79 Å². The minimum absolute atomic E-state index is 0.274. The van der Waals surface area contributed by atoms with E-state index in [0.29, 0.717) is 5.92 Å². The highest BCUT2D eigenvalue weighted by Crippen LogP contribution is 2.21. The second kappa shape index (κ2) is 4.97. The summed E-state index contributed by atoms with van der Waals surface area (Å²) in [6, 6.07) is 0. The quantitative estimate of drug-likeness (QED) is 0.768. The van der Waals surface area contributed by atoms with E-state index in [1.54, 1.807) is 0 Å². The van der Waals surface area contributed by atoms with Crippen molar-refractivity contribution in [3.8, 4) is 0 Å². The van der Waals surface area contributed by atoms with Gasteiger partial charge < -0.3 is 10.2 Å². The van der Waals surface area contributed by atoms with Gasteiger partial charge in [-0.1, -0.05) is 13.8 Å². The Morgan fingerprint density at radius 2 is 2.20 bits per heavy atom. The standard InChI is InChI=1S/C12H24N2O/c1-5-14(9-10(2)3)11(15)12(4)7-6-8-13-12/h10,13H,5-9H2,1-4H3. The Kier molecular flexibility index (Phi) is 4.14. The van der Waals surface area contributed by atoms with Crippen molar-refractivity contribution in [1.82, 2.24) is 10.2 Å². The van der Waals surface area contributed by atoms with Crippen molar-refractivity contribution in [3.63, 3.8) is 0 Å². The Hall–Kier alpha value is -0.570. The largest absolute Gasteiger partial charge is 0.341 e. The van der Waals surface area contributed by atoms with E-state index >= 15 is 0 Å². The summed E-state index contributed by atoms with van der Waals surface area (Å²) < 4.78 is 0. The monoisotopic (exact) mass is 212 g/mol. The maximum Gasteiger partial charge on any atom is 0.242 e. The lowest BCUT2D eigenvalue weighted by Crippen LogP contribution is -2.53. The van der Waals surface area contributed by atoms with E-state index in [2.05, 4.69) is 26.1 Å². The van der Waals surface area contributed by atoms with Crippen LogP contribution in [0.4, 0.5) is 0 Å². The van der Waals surface area contributed by atoms with Crippen molar-refractivity contribution >= 4 is 5.91 Å².